The first-order valence-electron chi connectivity index (χ1n) is 13.8. The molecule has 1 fully saturated rings. The van der Waals surface area contributed by atoms with E-state index < -0.39 is 6.10 Å². The molecule has 2 amide bonds. The molecule has 0 radical (unpaired) electrons. The van der Waals surface area contributed by atoms with Gasteiger partial charge in [-0.2, -0.15) is 5.26 Å². The van der Waals surface area contributed by atoms with Gasteiger partial charge in [-0.25, -0.2) is 9.97 Å². The zero-order chi connectivity index (χ0) is 29.4. The second-order valence-corrected chi connectivity index (χ2v) is 10.4. The van der Waals surface area contributed by atoms with E-state index in [4.69, 9.17) is 9.72 Å². The number of nitrogens with one attached hydrogen (secondary N) is 1. The zero-order valence-electron chi connectivity index (χ0n) is 23.7. The van der Waals surface area contributed by atoms with Gasteiger partial charge in [-0.05, 0) is 63.0 Å². The van der Waals surface area contributed by atoms with Crippen LogP contribution in [0.1, 0.15) is 47.1 Å². The number of likely N-dealkylation sites (tertiary alicyclic amines) is 1. The van der Waals surface area contributed by atoms with E-state index in [0.29, 0.717) is 67.3 Å². The number of ether oxygens (including phenoxy) is 1. The van der Waals surface area contributed by atoms with Crippen LogP contribution in [0, 0.1) is 11.3 Å². The van der Waals surface area contributed by atoms with Crippen molar-refractivity contribution in [3.63, 3.8) is 0 Å². The molecule has 0 saturated carbocycles. The highest BCUT2D eigenvalue weighted by Crippen LogP contribution is 2.28. The molecule has 0 spiro atoms. The number of piperidine rings is 1. The molecule has 2 heterocycles. The Morgan fingerprint density at radius 2 is 1.90 bits per heavy atom. The van der Waals surface area contributed by atoms with E-state index in [0.717, 1.165) is 17.7 Å². The maximum absolute atomic E-state index is 12.3. The van der Waals surface area contributed by atoms with Crippen molar-refractivity contribution in [2.45, 2.75) is 38.4 Å². The molecule has 2 aromatic carbocycles. The number of nitriles is 1. The Hall–Kier alpha value is -4.33. The largest absolute Gasteiger partial charge is 0.489 e. The zero-order valence-corrected chi connectivity index (χ0v) is 23.7. The molecule has 41 heavy (non-hydrogen) atoms. The predicted octanol–water partition coefficient (Wildman–Crippen LogP) is 2.65. The molecule has 10 nitrogen and oxygen atoms in total. The molecule has 1 aliphatic rings. The van der Waals surface area contributed by atoms with E-state index in [9.17, 15) is 20.0 Å². The van der Waals surface area contributed by atoms with Crippen LogP contribution in [0.3, 0.4) is 0 Å². The Morgan fingerprint density at radius 1 is 1.17 bits per heavy atom. The summed E-state index contributed by atoms with van der Waals surface area (Å²) in [6, 6.07) is 16.9. The van der Waals surface area contributed by atoms with Crippen LogP contribution in [0.4, 0.5) is 0 Å². The third-order valence-electron chi connectivity index (χ3n) is 6.93. The fourth-order valence-corrected chi connectivity index (χ4v) is 4.61. The first-order valence-corrected chi connectivity index (χ1v) is 13.8. The smallest absolute Gasteiger partial charge is 0.251 e. The number of benzene rings is 2. The number of likely N-dealkylation sites (N-methyl/N-ethyl adjacent to an activating group) is 1. The van der Waals surface area contributed by atoms with Gasteiger partial charge in [0, 0.05) is 62.8 Å². The van der Waals surface area contributed by atoms with Gasteiger partial charge in [0.25, 0.3) is 11.8 Å². The van der Waals surface area contributed by atoms with Crippen LogP contribution < -0.4 is 10.1 Å². The highest BCUT2D eigenvalue weighted by atomic mass is 16.5. The van der Waals surface area contributed by atoms with Gasteiger partial charge < -0.3 is 25.0 Å². The topological polar surface area (TPSA) is 132 Å². The van der Waals surface area contributed by atoms with E-state index in [-0.39, 0.29) is 17.9 Å². The summed E-state index contributed by atoms with van der Waals surface area (Å²) < 4.78 is 6.13. The molecule has 0 unspecified atom stereocenters. The normalized spacial score (nSPS) is 14.4. The number of amides is 2. The summed E-state index contributed by atoms with van der Waals surface area (Å²) >= 11 is 0. The van der Waals surface area contributed by atoms with E-state index >= 15 is 0 Å². The molecule has 1 aromatic heterocycles. The average Bonchev–Trinajstić information content (AvgIpc) is 2.97. The highest BCUT2D eigenvalue weighted by Gasteiger charge is 2.26. The first kappa shape index (κ1) is 29.6. The Balaban J connectivity index is 1.38. The van der Waals surface area contributed by atoms with Crippen molar-refractivity contribution in [1.29, 1.82) is 5.26 Å². The van der Waals surface area contributed by atoms with Gasteiger partial charge in [0.1, 0.15) is 29.9 Å². The summed E-state index contributed by atoms with van der Waals surface area (Å²) in [6.07, 6.45) is 2.32. The maximum Gasteiger partial charge on any atom is 0.251 e. The molecule has 0 aliphatic carbocycles. The highest BCUT2D eigenvalue weighted by molar-refractivity contribution is 5.94. The van der Waals surface area contributed by atoms with Crippen LogP contribution in [0.15, 0.2) is 54.7 Å². The van der Waals surface area contributed by atoms with Gasteiger partial charge in [0.2, 0.25) is 0 Å². The Bertz CT molecular complexity index is 1390. The molecule has 0 bridgehead atoms. The van der Waals surface area contributed by atoms with Crippen molar-refractivity contribution >= 4 is 11.8 Å². The van der Waals surface area contributed by atoms with Crippen LogP contribution in [0.25, 0.3) is 11.3 Å². The van der Waals surface area contributed by atoms with E-state index in [1.54, 1.807) is 41.4 Å². The minimum atomic E-state index is -1.01. The Morgan fingerprint density at radius 3 is 2.56 bits per heavy atom. The van der Waals surface area contributed by atoms with Gasteiger partial charge in [0.15, 0.2) is 0 Å². The van der Waals surface area contributed by atoms with Crippen molar-refractivity contribution in [3.05, 3.63) is 77.2 Å². The summed E-state index contributed by atoms with van der Waals surface area (Å²) in [5, 5.41) is 22.3. The molecule has 1 saturated heterocycles. The van der Waals surface area contributed by atoms with Crippen molar-refractivity contribution in [2.75, 3.05) is 40.3 Å². The number of rotatable bonds is 10. The van der Waals surface area contributed by atoms with Gasteiger partial charge in [-0.1, -0.05) is 12.1 Å². The lowest BCUT2D eigenvalue weighted by Gasteiger charge is -2.33. The number of hydrogen-bond acceptors (Lipinski definition) is 8. The van der Waals surface area contributed by atoms with E-state index in [1.165, 1.54) is 6.92 Å². The lowest BCUT2D eigenvalue weighted by atomic mass is 10.0. The van der Waals surface area contributed by atoms with Crippen LogP contribution in [-0.4, -0.2) is 89.2 Å². The number of aliphatic hydroxyl groups is 1. The van der Waals surface area contributed by atoms with Crippen molar-refractivity contribution in [1.82, 2.24) is 25.1 Å². The number of carbonyl (C=O) groups excluding carboxylic acids is 2. The van der Waals surface area contributed by atoms with Gasteiger partial charge in [0.05, 0.1) is 11.3 Å². The number of aliphatic hydroxyl groups excluding tert-OH is 1. The minimum Gasteiger partial charge on any atom is -0.489 e. The number of aromatic nitrogens is 2. The van der Waals surface area contributed by atoms with Crippen molar-refractivity contribution in [3.8, 4) is 23.1 Å². The van der Waals surface area contributed by atoms with Crippen molar-refractivity contribution in [2.24, 2.45) is 0 Å². The number of carbonyl (C=O) groups is 2. The van der Waals surface area contributed by atoms with Gasteiger partial charge >= 0.3 is 0 Å². The maximum atomic E-state index is 12.3. The van der Waals surface area contributed by atoms with Crippen molar-refractivity contribution < 1.29 is 19.4 Å². The second kappa shape index (κ2) is 13.8. The third kappa shape index (κ3) is 8.10. The summed E-state index contributed by atoms with van der Waals surface area (Å²) in [4.78, 5) is 37.1. The monoisotopic (exact) mass is 556 g/mol. The van der Waals surface area contributed by atoms with Crippen LogP contribution >= 0.6 is 0 Å². The summed E-state index contributed by atoms with van der Waals surface area (Å²) in [6.45, 7) is 3.84. The molecule has 10 heteroatoms. The van der Waals surface area contributed by atoms with Gasteiger partial charge in [-0.3, -0.25) is 9.59 Å². The van der Waals surface area contributed by atoms with Gasteiger partial charge in [-0.15, -0.1) is 0 Å². The molecule has 214 valence electrons. The standard InChI is InChI=1S/C31H36N6O4/c1-21(38)31(40)37-15-11-26(12-16-37)41-28-9-8-24(19-25(28)20-32)27-10-13-33-29(35-27)18-22-4-6-23(7-5-22)30(39)34-14-17-36(2)3/h4-10,13,19,21,26,38H,11-12,14-18H2,1-3H3,(H,34,39)/t21-/m0/s1. The lowest BCUT2D eigenvalue weighted by molar-refractivity contribution is -0.141. The molecular weight excluding hydrogens is 520 g/mol. The molecular formula is C31H36N6O4. The molecule has 1 atom stereocenters. The molecule has 2 N–H and O–H groups in total. The lowest BCUT2D eigenvalue weighted by Crippen LogP contribution is -2.45. The second-order valence-electron chi connectivity index (χ2n) is 10.4. The predicted molar refractivity (Wildman–Crippen MR) is 154 cm³/mol. The first-order chi connectivity index (χ1) is 19.7. The summed E-state index contributed by atoms with van der Waals surface area (Å²) in [5.74, 6) is 0.749. The third-order valence-corrected chi connectivity index (χ3v) is 6.93. The van der Waals surface area contributed by atoms with E-state index in [1.807, 2.05) is 37.2 Å². The quantitative estimate of drug-likeness (QED) is 0.390. The van der Waals surface area contributed by atoms with Crippen LogP contribution in [0.2, 0.25) is 0 Å². The summed E-state index contributed by atoms with van der Waals surface area (Å²) in [7, 11) is 3.92. The van der Waals surface area contributed by atoms with Crippen LogP contribution in [-0.2, 0) is 11.2 Å². The molecule has 3 aromatic rings. The fourth-order valence-electron chi connectivity index (χ4n) is 4.61. The number of nitrogens with zero attached hydrogens (tertiary/aromatic N) is 5. The Kier molecular flexibility index (Phi) is 10.0. The Labute approximate surface area is 240 Å². The molecule has 4 rings (SSSR count). The summed E-state index contributed by atoms with van der Waals surface area (Å²) in [5.41, 5.74) is 3.46. The molecule has 1 aliphatic heterocycles. The number of hydrogen-bond donors (Lipinski definition) is 2. The fraction of sp³-hybridized carbons (Fsp3) is 0.387. The SMILES string of the molecule is C[C@H](O)C(=O)N1CCC(Oc2ccc(-c3ccnc(Cc4ccc(C(=O)NCCN(C)C)cc4)n3)cc2C#N)CC1. The average molecular weight is 557 g/mol. The van der Waals surface area contributed by atoms with Crippen LogP contribution in [0.5, 0.6) is 5.75 Å². The van der Waals surface area contributed by atoms with E-state index in [2.05, 4.69) is 16.4 Å². The minimum absolute atomic E-state index is 0.103.